The molecular weight excluding hydrogens is 390 g/mol. The molecule has 2 heterocycles. The summed E-state index contributed by atoms with van der Waals surface area (Å²) in [5.74, 6) is -0.0432. The number of hydrogen-bond donors (Lipinski definition) is 0. The second-order valence-corrected chi connectivity index (χ2v) is 7.26. The highest BCUT2D eigenvalue weighted by molar-refractivity contribution is 7.16. The van der Waals surface area contributed by atoms with Crippen molar-refractivity contribution >= 4 is 33.9 Å². The molecule has 3 rings (SSSR count). The molecule has 0 aliphatic heterocycles. The van der Waals surface area contributed by atoms with Crippen molar-refractivity contribution in [1.29, 1.82) is 0 Å². The normalized spacial score (nSPS) is 10.9. The van der Waals surface area contributed by atoms with Crippen molar-refractivity contribution < 1.29 is 14.3 Å². The molecule has 2 aromatic heterocycles. The van der Waals surface area contributed by atoms with E-state index in [2.05, 4.69) is 17.0 Å². The van der Waals surface area contributed by atoms with Crippen LogP contribution in [0.25, 0.3) is 4.96 Å². The third kappa shape index (κ3) is 5.27. The summed E-state index contributed by atoms with van der Waals surface area (Å²) in [6.45, 7) is 1.75. The van der Waals surface area contributed by atoms with E-state index in [0.29, 0.717) is 21.4 Å². The van der Waals surface area contributed by atoms with Crippen molar-refractivity contribution in [2.45, 2.75) is 32.8 Å². The van der Waals surface area contributed by atoms with Crippen LogP contribution in [0.5, 0.6) is 5.75 Å². The maximum atomic E-state index is 12.2. The molecule has 3 aromatic rings. The number of unbranched alkanes of at least 4 members (excludes halogenated alkanes) is 1. The summed E-state index contributed by atoms with van der Waals surface area (Å²) < 4.78 is 11.7. The Morgan fingerprint density at radius 2 is 2.07 bits per heavy atom. The number of esters is 1. The molecule has 7 nitrogen and oxygen atoms in total. The number of benzene rings is 1. The summed E-state index contributed by atoms with van der Waals surface area (Å²) in [6.07, 6.45) is 2.88. The first-order chi connectivity index (χ1) is 13.0. The van der Waals surface area contributed by atoms with Gasteiger partial charge in [-0.2, -0.15) is 9.61 Å². The first-order valence-electron chi connectivity index (χ1n) is 8.48. The molecule has 0 fully saturated rings. The number of carbonyl (C=O) groups excluding carboxylic acids is 1. The Hall–Kier alpha value is -2.45. The van der Waals surface area contributed by atoms with E-state index in [-0.39, 0.29) is 18.8 Å². The Bertz CT molecular complexity index is 984. The number of carbonyl (C=O) groups is 1. The quantitative estimate of drug-likeness (QED) is 0.533. The van der Waals surface area contributed by atoms with Gasteiger partial charge in [-0.15, -0.1) is 0 Å². The van der Waals surface area contributed by atoms with Crippen LogP contribution in [0, 0.1) is 0 Å². The second-order valence-electron chi connectivity index (χ2n) is 5.78. The van der Waals surface area contributed by atoms with E-state index in [9.17, 15) is 9.59 Å². The smallest absolute Gasteiger partial charge is 0.344 e. The molecule has 1 aromatic carbocycles. The minimum absolute atomic E-state index is 0.100. The fourth-order valence-corrected chi connectivity index (χ4v) is 3.35. The van der Waals surface area contributed by atoms with Gasteiger partial charge in [0, 0.05) is 17.5 Å². The summed E-state index contributed by atoms with van der Waals surface area (Å²) in [6, 6.07) is 7.97. The van der Waals surface area contributed by atoms with Gasteiger partial charge >= 0.3 is 5.97 Å². The largest absolute Gasteiger partial charge is 0.482 e. The molecule has 0 radical (unpaired) electrons. The lowest BCUT2D eigenvalue weighted by molar-refractivity contribution is -0.147. The molecule has 0 saturated heterocycles. The molecule has 0 spiro atoms. The fraction of sp³-hybridized carbons (Fsp3) is 0.333. The number of fused-ring (bicyclic) bond motifs is 1. The van der Waals surface area contributed by atoms with Crippen molar-refractivity contribution in [3.8, 4) is 5.75 Å². The van der Waals surface area contributed by atoms with Gasteiger partial charge in [-0.1, -0.05) is 36.3 Å². The van der Waals surface area contributed by atoms with Crippen LogP contribution in [0.3, 0.4) is 0 Å². The Kier molecular flexibility index (Phi) is 6.41. The molecule has 0 aliphatic rings. The summed E-state index contributed by atoms with van der Waals surface area (Å²) >= 11 is 7.16. The van der Waals surface area contributed by atoms with Gasteiger partial charge in [-0.3, -0.25) is 4.79 Å². The molecule has 0 aliphatic carbocycles. The lowest BCUT2D eigenvalue weighted by Gasteiger charge is -2.06. The Balaban J connectivity index is 1.58. The zero-order valence-corrected chi connectivity index (χ0v) is 16.3. The van der Waals surface area contributed by atoms with Gasteiger partial charge in [0.1, 0.15) is 17.4 Å². The number of rotatable bonds is 8. The average molecular weight is 408 g/mol. The first-order valence-corrected chi connectivity index (χ1v) is 9.67. The van der Waals surface area contributed by atoms with Crippen LogP contribution in [0.15, 0.2) is 35.1 Å². The molecule has 142 valence electrons. The summed E-state index contributed by atoms with van der Waals surface area (Å²) in [5, 5.41) is 5.73. The van der Waals surface area contributed by atoms with E-state index < -0.39 is 5.97 Å². The van der Waals surface area contributed by atoms with E-state index >= 15 is 0 Å². The maximum absolute atomic E-state index is 12.2. The highest BCUT2D eigenvalue weighted by Gasteiger charge is 2.11. The van der Waals surface area contributed by atoms with E-state index in [1.807, 2.05) is 0 Å². The van der Waals surface area contributed by atoms with Crippen LogP contribution in [0.4, 0.5) is 0 Å². The van der Waals surface area contributed by atoms with E-state index in [4.69, 9.17) is 21.1 Å². The highest BCUT2D eigenvalue weighted by Crippen LogP contribution is 2.16. The third-order valence-corrected chi connectivity index (χ3v) is 4.86. The van der Waals surface area contributed by atoms with Crippen molar-refractivity contribution in [1.82, 2.24) is 14.6 Å². The molecule has 0 unspecified atom stereocenters. The van der Waals surface area contributed by atoms with Crippen molar-refractivity contribution in [2.24, 2.45) is 0 Å². The van der Waals surface area contributed by atoms with Crippen LogP contribution in [0.1, 0.15) is 30.5 Å². The predicted octanol–water partition coefficient (Wildman–Crippen LogP) is 3.27. The summed E-state index contributed by atoms with van der Waals surface area (Å²) in [4.78, 5) is 28.8. The van der Waals surface area contributed by atoms with Gasteiger partial charge in [0.05, 0.1) is 5.69 Å². The highest BCUT2D eigenvalue weighted by atomic mass is 35.5. The van der Waals surface area contributed by atoms with Crippen molar-refractivity contribution in [3.05, 3.63) is 56.4 Å². The second kappa shape index (κ2) is 8.96. The lowest BCUT2D eigenvalue weighted by Crippen LogP contribution is -2.18. The monoisotopic (exact) mass is 407 g/mol. The Labute approximate surface area is 164 Å². The third-order valence-electron chi connectivity index (χ3n) is 3.64. The molecule has 0 N–H and O–H groups in total. The van der Waals surface area contributed by atoms with E-state index in [1.165, 1.54) is 21.9 Å². The first kappa shape index (κ1) is 19.3. The van der Waals surface area contributed by atoms with Gasteiger partial charge in [0.15, 0.2) is 6.61 Å². The van der Waals surface area contributed by atoms with Crippen LogP contribution in [0.2, 0.25) is 5.02 Å². The van der Waals surface area contributed by atoms with Gasteiger partial charge in [-0.25, -0.2) is 9.78 Å². The van der Waals surface area contributed by atoms with Crippen LogP contribution in [-0.2, 0) is 22.6 Å². The topological polar surface area (TPSA) is 82.8 Å². The Morgan fingerprint density at radius 3 is 2.81 bits per heavy atom. The van der Waals surface area contributed by atoms with Gasteiger partial charge < -0.3 is 9.47 Å². The van der Waals surface area contributed by atoms with E-state index in [0.717, 1.165) is 24.3 Å². The minimum atomic E-state index is -0.556. The average Bonchev–Trinajstić information content (AvgIpc) is 3.08. The standard InChI is InChI=1S/C18H18ClN3O4S/c1-2-3-4-15-21-22-16(23)9-13(20-18(22)27-15)10-26-17(24)11-25-14-7-5-12(19)6-8-14/h5-9H,2-4,10-11H2,1H3. The van der Waals surface area contributed by atoms with Gasteiger partial charge in [0.25, 0.3) is 5.56 Å². The number of nitrogens with zero attached hydrogens (tertiary/aromatic N) is 3. The van der Waals surface area contributed by atoms with Gasteiger partial charge in [-0.05, 0) is 30.7 Å². The van der Waals surface area contributed by atoms with E-state index in [1.54, 1.807) is 24.3 Å². The summed E-state index contributed by atoms with van der Waals surface area (Å²) in [5.41, 5.74) is 0.0907. The number of hydrogen-bond acceptors (Lipinski definition) is 7. The van der Waals surface area contributed by atoms with Crippen LogP contribution >= 0.6 is 22.9 Å². The van der Waals surface area contributed by atoms with Crippen LogP contribution < -0.4 is 10.3 Å². The van der Waals surface area contributed by atoms with Crippen LogP contribution in [-0.4, -0.2) is 27.2 Å². The molecule has 0 atom stereocenters. The van der Waals surface area contributed by atoms with Crippen molar-refractivity contribution in [3.63, 3.8) is 0 Å². The molecule has 9 heteroatoms. The maximum Gasteiger partial charge on any atom is 0.344 e. The fourth-order valence-electron chi connectivity index (χ4n) is 2.27. The lowest BCUT2D eigenvalue weighted by atomic mass is 10.3. The molecule has 0 saturated carbocycles. The molecular formula is C18H18ClN3O4S. The number of ether oxygens (including phenoxy) is 2. The zero-order chi connectivity index (χ0) is 19.2. The molecule has 0 bridgehead atoms. The molecule has 0 amide bonds. The summed E-state index contributed by atoms with van der Waals surface area (Å²) in [7, 11) is 0. The number of aromatic nitrogens is 3. The molecule has 27 heavy (non-hydrogen) atoms. The van der Waals surface area contributed by atoms with Gasteiger partial charge in [0.2, 0.25) is 4.96 Å². The zero-order valence-electron chi connectivity index (χ0n) is 14.7. The Morgan fingerprint density at radius 1 is 1.30 bits per heavy atom. The predicted molar refractivity (Wildman–Crippen MR) is 102 cm³/mol. The SMILES string of the molecule is CCCCc1nn2c(=O)cc(COC(=O)COc3ccc(Cl)cc3)nc2s1. The number of aryl methyl sites for hydroxylation is 1. The van der Waals surface area contributed by atoms with Crippen molar-refractivity contribution in [2.75, 3.05) is 6.61 Å². The minimum Gasteiger partial charge on any atom is -0.482 e. The number of halogens is 1.